The van der Waals surface area contributed by atoms with Gasteiger partial charge in [0.05, 0.1) is 12.4 Å². The number of anilines is 1. The molecule has 2 aromatic heterocycles. The van der Waals surface area contributed by atoms with Gasteiger partial charge in [0.1, 0.15) is 18.0 Å². The second-order valence-corrected chi connectivity index (χ2v) is 4.61. The molecule has 1 saturated carbocycles. The molecule has 2 heterocycles. The molecule has 1 aliphatic rings. The van der Waals surface area contributed by atoms with Crippen molar-refractivity contribution < 1.29 is 9.50 Å². The highest BCUT2D eigenvalue weighted by molar-refractivity contribution is 5.81. The average Bonchev–Trinajstić information content (AvgIpc) is 2.93. The Bertz CT molecular complexity index is 572. The Morgan fingerprint density at radius 2 is 2.22 bits per heavy atom. The van der Waals surface area contributed by atoms with Gasteiger partial charge >= 0.3 is 0 Å². The van der Waals surface area contributed by atoms with Crippen LogP contribution in [0, 0.1) is 5.92 Å². The molecule has 0 saturated heterocycles. The van der Waals surface area contributed by atoms with Crippen molar-refractivity contribution >= 4 is 17.0 Å². The Morgan fingerprint density at radius 1 is 1.39 bits per heavy atom. The summed E-state index contributed by atoms with van der Waals surface area (Å²) in [5.41, 5.74) is 6.74. The van der Waals surface area contributed by atoms with Crippen LogP contribution in [0.1, 0.15) is 18.9 Å². The predicted octanol–water partition coefficient (Wildman–Crippen LogP) is 0.690. The smallest absolute Gasteiger partial charge is 0.165 e. The van der Waals surface area contributed by atoms with E-state index in [2.05, 4.69) is 15.0 Å². The van der Waals surface area contributed by atoms with E-state index in [1.54, 1.807) is 10.9 Å². The molecule has 0 amide bonds. The maximum absolute atomic E-state index is 14.2. The Kier molecular flexibility index (Phi) is 2.62. The molecule has 96 valence electrons. The van der Waals surface area contributed by atoms with Crippen LogP contribution < -0.4 is 5.73 Å². The van der Waals surface area contributed by atoms with Crippen molar-refractivity contribution in [2.24, 2.45) is 5.92 Å². The molecule has 0 spiro atoms. The van der Waals surface area contributed by atoms with Crippen molar-refractivity contribution in [1.82, 2.24) is 19.5 Å². The molecule has 3 atom stereocenters. The minimum atomic E-state index is -1.08. The first kappa shape index (κ1) is 11.3. The van der Waals surface area contributed by atoms with E-state index in [1.165, 1.54) is 6.33 Å². The Hall–Kier alpha value is -1.76. The monoisotopic (exact) mass is 251 g/mol. The minimum absolute atomic E-state index is 0.124. The van der Waals surface area contributed by atoms with Gasteiger partial charge in [0.15, 0.2) is 11.5 Å². The SMILES string of the molecule is Nc1ncnc2c1ncn2[C@@H]1CC[C@H](CO)[C@@H]1F. The molecule has 0 unspecified atom stereocenters. The first-order valence-electron chi connectivity index (χ1n) is 5.90. The zero-order valence-electron chi connectivity index (χ0n) is 9.70. The highest BCUT2D eigenvalue weighted by atomic mass is 19.1. The lowest BCUT2D eigenvalue weighted by molar-refractivity contribution is 0.141. The quantitative estimate of drug-likeness (QED) is 0.819. The van der Waals surface area contributed by atoms with Gasteiger partial charge in [-0.2, -0.15) is 0 Å². The number of hydrogen-bond acceptors (Lipinski definition) is 5. The number of aromatic nitrogens is 4. The van der Waals surface area contributed by atoms with Crippen molar-refractivity contribution in [1.29, 1.82) is 0 Å². The number of rotatable bonds is 2. The number of alkyl halides is 1. The molecule has 1 aliphatic carbocycles. The van der Waals surface area contributed by atoms with Crippen molar-refractivity contribution in [3.05, 3.63) is 12.7 Å². The zero-order chi connectivity index (χ0) is 12.7. The molecule has 1 fully saturated rings. The summed E-state index contributed by atoms with van der Waals surface area (Å²) in [6.07, 6.45) is 3.15. The average molecular weight is 251 g/mol. The molecule has 3 N–H and O–H groups in total. The van der Waals surface area contributed by atoms with Crippen LogP contribution in [0.25, 0.3) is 11.2 Å². The van der Waals surface area contributed by atoms with Gasteiger partial charge in [-0.1, -0.05) is 0 Å². The number of nitrogen functional groups attached to an aromatic ring is 1. The summed E-state index contributed by atoms with van der Waals surface area (Å²) in [5.74, 6) is -0.00232. The van der Waals surface area contributed by atoms with E-state index in [0.29, 0.717) is 29.8 Å². The van der Waals surface area contributed by atoms with E-state index in [1.807, 2.05) is 0 Å². The highest BCUT2D eigenvalue weighted by Crippen LogP contribution is 2.38. The maximum Gasteiger partial charge on any atom is 0.165 e. The Labute approximate surface area is 103 Å². The lowest BCUT2D eigenvalue weighted by Gasteiger charge is -2.17. The summed E-state index contributed by atoms with van der Waals surface area (Å²) in [4.78, 5) is 12.1. The molecule has 18 heavy (non-hydrogen) atoms. The highest BCUT2D eigenvalue weighted by Gasteiger charge is 2.37. The molecule has 0 aromatic carbocycles. The number of halogens is 1. The number of fused-ring (bicyclic) bond motifs is 1. The Morgan fingerprint density at radius 3 is 2.94 bits per heavy atom. The van der Waals surface area contributed by atoms with E-state index in [0.717, 1.165) is 0 Å². The van der Waals surface area contributed by atoms with Crippen LogP contribution in [-0.4, -0.2) is 37.4 Å². The largest absolute Gasteiger partial charge is 0.396 e. The summed E-state index contributed by atoms with van der Waals surface area (Å²) in [7, 11) is 0. The van der Waals surface area contributed by atoms with Gasteiger partial charge in [-0.15, -0.1) is 0 Å². The summed E-state index contributed by atoms with van der Waals surface area (Å²) >= 11 is 0. The normalized spacial score (nSPS) is 28.0. The van der Waals surface area contributed by atoms with Gasteiger partial charge in [-0.05, 0) is 12.8 Å². The number of aliphatic hydroxyl groups excluding tert-OH is 1. The van der Waals surface area contributed by atoms with E-state index in [-0.39, 0.29) is 18.6 Å². The fourth-order valence-corrected chi connectivity index (χ4v) is 2.61. The molecule has 6 nitrogen and oxygen atoms in total. The Balaban J connectivity index is 2.03. The van der Waals surface area contributed by atoms with Crippen molar-refractivity contribution in [2.45, 2.75) is 25.1 Å². The lowest BCUT2D eigenvalue weighted by Crippen LogP contribution is -2.21. The van der Waals surface area contributed by atoms with E-state index in [4.69, 9.17) is 10.8 Å². The maximum atomic E-state index is 14.2. The molecule has 0 bridgehead atoms. The molecule has 2 aromatic rings. The van der Waals surface area contributed by atoms with Crippen LogP contribution in [0.3, 0.4) is 0 Å². The van der Waals surface area contributed by atoms with Crippen molar-refractivity contribution in [3.8, 4) is 0 Å². The number of nitrogens with two attached hydrogens (primary N) is 1. The summed E-state index contributed by atoms with van der Waals surface area (Å²) in [6, 6.07) is -0.332. The standard InChI is InChI=1S/C11H14FN5O/c12-8-6(3-18)1-2-7(8)17-5-16-9-10(13)14-4-15-11(9)17/h4-8,18H,1-3H2,(H2,13,14,15)/t6-,7-,8+/m1/s1. The lowest BCUT2D eigenvalue weighted by atomic mass is 10.1. The van der Waals surface area contributed by atoms with Crippen LogP contribution in [0.15, 0.2) is 12.7 Å². The van der Waals surface area contributed by atoms with Gasteiger partial charge in [-0.25, -0.2) is 19.3 Å². The third-order valence-electron chi connectivity index (χ3n) is 3.63. The fourth-order valence-electron chi connectivity index (χ4n) is 2.61. The second kappa shape index (κ2) is 4.16. The zero-order valence-corrected chi connectivity index (χ0v) is 9.70. The van der Waals surface area contributed by atoms with Crippen LogP contribution in [0.5, 0.6) is 0 Å². The van der Waals surface area contributed by atoms with Gasteiger partial charge in [-0.3, -0.25) is 0 Å². The summed E-state index contributed by atoms with van der Waals surface area (Å²) in [6.45, 7) is -0.124. The second-order valence-electron chi connectivity index (χ2n) is 4.61. The van der Waals surface area contributed by atoms with Crippen molar-refractivity contribution in [2.75, 3.05) is 12.3 Å². The predicted molar refractivity (Wildman–Crippen MR) is 63.5 cm³/mol. The summed E-state index contributed by atoms with van der Waals surface area (Å²) in [5, 5.41) is 9.10. The van der Waals surface area contributed by atoms with Gasteiger partial charge < -0.3 is 15.4 Å². The number of hydrogen-bond donors (Lipinski definition) is 2. The van der Waals surface area contributed by atoms with Gasteiger partial charge in [0, 0.05) is 12.5 Å². The molecule has 7 heteroatoms. The number of aliphatic hydroxyl groups is 1. The number of nitrogens with zero attached hydrogens (tertiary/aromatic N) is 4. The van der Waals surface area contributed by atoms with E-state index >= 15 is 0 Å². The molecule has 0 radical (unpaired) electrons. The first-order chi connectivity index (χ1) is 8.72. The number of imidazole rings is 1. The van der Waals surface area contributed by atoms with Crippen molar-refractivity contribution in [3.63, 3.8) is 0 Å². The molecular weight excluding hydrogens is 237 g/mol. The van der Waals surface area contributed by atoms with E-state index in [9.17, 15) is 4.39 Å². The van der Waals surface area contributed by atoms with Gasteiger partial charge in [0.2, 0.25) is 0 Å². The van der Waals surface area contributed by atoms with Crippen LogP contribution in [0.2, 0.25) is 0 Å². The van der Waals surface area contributed by atoms with Crippen LogP contribution in [0.4, 0.5) is 10.2 Å². The molecular formula is C11H14FN5O. The van der Waals surface area contributed by atoms with Crippen LogP contribution >= 0.6 is 0 Å². The summed E-state index contributed by atoms with van der Waals surface area (Å²) < 4.78 is 15.9. The minimum Gasteiger partial charge on any atom is -0.396 e. The fraction of sp³-hybridized carbons (Fsp3) is 0.545. The third kappa shape index (κ3) is 1.54. The third-order valence-corrected chi connectivity index (χ3v) is 3.63. The van der Waals surface area contributed by atoms with Crippen LogP contribution in [-0.2, 0) is 0 Å². The first-order valence-corrected chi connectivity index (χ1v) is 5.90. The van der Waals surface area contributed by atoms with Gasteiger partial charge in [0.25, 0.3) is 0 Å². The topological polar surface area (TPSA) is 89.9 Å². The molecule has 0 aliphatic heterocycles. The van der Waals surface area contributed by atoms with E-state index < -0.39 is 6.17 Å². The molecule has 3 rings (SSSR count).